The predicted molar refractivity (Wildman–Crippen MR) is 120 cm³/mol. The van der Waals surface area contributed by atoms with Crippen LogP contribution in [0.1, 0.15) is 20.8 Å². The van der Waals surface area contributed by atoms with Crippen molar-refractivity contribution in [2.75, 3.05) is 0 Å². The molecule has 9 nitrogen and oxygen atoms in total. The third kappa shape index (κ3) is 6.06. The predicted octanol–water partition coefficient (Wildman–Crippen LogP) is 5.24. The monoisotopic (exact) mass is 458 g/mol. The maximum atomic E-state index is 13.6. The number of nitro benzene ring substituents is 1. The Labute approximate surface area is 185 Å². The van der Waals surface area contributed by atoms with E-state index in [1.165, 1.54) is 31.2 Å². The zero-order chi connectivity index (χ0) is 23.3. The molecule has 2 atom stereocenters. The zero-order valence-electron chi connectivity index (χ0n) is 17.8. The van der Waals surface area contributed by atoms with Crippen LogP contribution < -0.4 is 14.1 Å². The minimum absolute atomic E-state index is 0.0663. The summed E-state index contributed by atoms with van der Waals surface area (Å²) in [5, 5.41) is 15.3. The number of hydrogen-bond donors (Lipinski definition) is 1. The summed E-state index contributed by atoms with van der Waals surface area (Å²) in [6.07, 6.45) is -0.358. The van der Waals surface area contributed by atoms with Gasteiger partial charge in [0, 0.05) is 12.1 Å². The smallest absolute Gasteiger partial charge is 0.462 e. The van der Waals surface area contributed by atoms with Crippen LogP contribution in [0.15, 0.2) is 66.7 Å². The minimum atomic E-state index is -4.15. The van der Waals surface area contributed by atoms with Gasteiger partial charge in [-0.05, 0) is 55.8 Å². The first kappa shape index (κ1) is 23.2. The molecule has 0 bridgehead atoms. The number of rotatable bonds is 9. The van der Waals surface area contributed by atoms with E-state index < -0.39 is 24.7 Å². The van der Waals surface area contributed by atoms with Gasteiger partial charge in [-0.25, -0.2) is 4.57 Å². The number of carbonyl (C=O) groups excluding carboxylic acids is 1. The van der Waals surface area contributed by atoms with Crippen LogP contribution in [0.5, 0.6) is 11.5 Å². The number of esters is 1. The average molecular weight is 458 g/mol. The lowest BCUT2D eigenvalue weighted by Gasteiger charge is -2.23. The van der Waals surface area contributed by atoms with Gasteiger partial charge in [0.05, 0.1) is 11.0 Å². The van der Waals surface area contributed by atoms with Gasteiger partial charge >= 0.3 is 13.7 Å². The van der Waals surface area contributed by atoms with Crippen molar-refractivity contribution >= 4 is 30.2 Å². The molecule has 0 amide bonds. The third-order valence-electron chi connectivity index (χ3n) is 4.28. The number of nitrogens with zero attached hydrogens (tertiary/aromatic N) is 1. The number of benzene rings is 3. The molecule has 0 aromatic heterocycles. The van der Waals surface area contributed by atoms with E-state index in [-0.39, 0.29) is 23.3 Å². The van der Waals surface area contributed by atoms with Crippen molar-refractivity contribution in [1.29, 1.82) is 0 Å². The van der Waals surface area contributed by atoms with Gasteiger partial charge in [0.25, 0.3) is 5.69 Å². The number of nitrogens with one attached hydrogen (secondary N) is 1. The Morgan fingerprint density at radius 1 is 0.938 bits per heavy atom. The number of carbonyl (C=O) groups is 1. The fourth-order valence-electron chi connectivity index (χ4n) is 2.83. The summed E-state index contributed by atoms with van der Waals surface area (Å²) in [5.41, 5.74) is -0.149. The second-order valence-electron chi connectivity index (χ2n) is 7.28. The molecule has 0 heterocycles. The highest BCUT2D eigenvalue weighted by Gasteiger charge is 2.34. The number of nitro groups is 1. The van der Waals surface area contributed by atoms with E-state index in [2.05, 4.69) is 5.09 Å². The van der Waals surface area contributed by atoms with Gasteiger partial charge in [0.2, 0.25) is 0 Å². The van der Waals surface area contributed by atoms with Gasteiger partial charge in [-0.15, -0.1) is 0 Å². The van der Waals surface area contributed by atoms with E-state index >= 15 is 0 Å². The quantitative estimate of drug-likeness (QED) is 0.200. The second-order valence-corrected chi connectivity index (χ2v) is 8.89. The van der Waals surface area contributed by atoms with E-state index in [0.717, 1.165) is 10.8 Å². The number of fused-ring (bicyclic) bond motifs is 1. The van der Waals surface area contributed by atoms with Gasteiger partial charge in [-0.3, -0.25) is 14.9 Å². The van der Waals surface area contributed by atoms with E-state index in [0.29, 0.717) is 0 Å². The van der Waals surface area contributed by atoms with Gasteiger partial charge in [0.15, 0.2) is 0 Å². The molecule has 0 saturated carbocycles. The van der Waals surface area contributed by atoms with E-state index in [1.807, 2.05) is 24.3 Å². The van der Waals surface area contributed by atoms with Gasteiger partial charge in [0.1, 0.15) is 17.5 Å². The summed E-state index contributed by atoms with van der Waals surface area (Å²) >= 11 is 0. The topological polar surface area (TPSA) is 117 Å². The largest absolute Gasteiger partial charge is 0.513 e. The van der Waals surface area contributed by atoms with E-state index in [4.69, 9.17) is 13.8 Å². The van der Waals surface area contributed by atoms with Crippen molar-refractivity contribution in [2.24, 2.45) is 0 Å². The maximum absolute atomic E-state index is 13.6. The molecule has 0 saturated heterocycles. The molecule has 0 radical (unpaired) electrons. The van der Waals surface area contributed by atoms with Crippen LogP contribution in [0.4, 0.5) is 5.69 Å². The lowest BCUT2D eigenvalue weighted by molar-refractivity contribution is -0.384. The molecule has 0 fully saturated rings. The number of non-ortho nitro benzene ring substituents is 1. The summed E-state index contributed by atoms with van der Waals surface area (Å²) < 4.78 is 30.0. The first-order valence-corrected chi connectivity index (χ1v) is 11.4. The first-order valence-electron chi connectivity index (χ1n) is 9.86. The highest BCUT2D eigenvalue weighted by molar-refractivity contribution is 7.52. The van der Waals surface area contributed by atoms with Crippen molar-refractivity contribution in [1.82, 2.24) is 5.09 Å². The summed E-state index contributed by atoms with van der Waals surface area (Å²) in [5.74, 6) is -0.308. The summed E-state index contributed by atoms with van der Waals surface area (Å²) in [4.78, 5) is 22.6. The highest BCUT2D eigenvalue weighted by Crippen LogP contribution is 2.46. The second kappa shape index (κ2) is 9.80. The molecule has 3 rings (SSSR count). The molecule has 0 aliphatic heterocycles. The molecule has 0 aliphatic rings. The van der Waals surface area contributed by atoms with Crippen molar-refractivity contribution in [3.8, 4) is 11.5 Å². The molecule has 0 aliphatic carbocycles. The summed E-state index contributed by atoms with van der Waals surface area (Å²) in [6.45, 7) is 4.87. The lowest BCUT2D eigenvalue weighted by Crippen LogP contribution is -2.36. The number of ether oxygens (including phenoxy) is 1. The molecule has 1 unspecified atom stereocenters. The Balaban J connectivity index is 1.88. The minimum Gasteiger partial charge on any atom is -0.462 e. The fourth-order valence-corrected chi connectivity index (χ4v) is 4.34. The lowest BCUT2D eigenvalue weighted by atomic mass is 10.1. The third-order valence-corrected chi connectivity index (χ3v) is 5.88. The Hall–Kier alpha value is -3.42. The highest BCUT2D eigenvalue weighted by atomic mass is 31.2. The van der Waals surface area contributed by atoms with E-state index in [1.54, 1.807) is 32.0 Å². The SMILES string of the molecule is CC(C)OC(=O)[C@@H](C)NP(=O)(Oc1ccc([N+](=O)[O-])cc1)Oc1ccc2ccccc2c1. The Bertz CT molecular complexity index is 1160. The molecule has 32 heavy (non-hydrogen) atoms. The van der Waals surface area contributed by atoms with Crippen molar-refractivity contribution in [3.63, 3.8) is 0 Å². The summed E-state index contributed by atoms with van der Waals surface area (Å²) in [7, 11) is -4.15. The molecule has 1 N–H and O–H groups in total. The van der Waals surface area contributed by atoms with Gasteiger partial charge in [-0.1, -0.05) is 30.3 Å². The summed E-state index contributed by atoms with van der Waals surface area (Å²) in [6, 6.07) is 16.7. The van der Waals surface area contributed by atoms with Crippen LogP contribution in [0.3, 0.4) is 0 Å². The van der Waals surface area contributed by atoms with Gasteiger partial charge < -0.3 is 13.8 Å². The van der Waals surface area contributed by atoms with E-state index in [9.17, 15) is 19.5 Å². The van der Waals surface area contributed by atoms with Crippen molar-refractivity contribution in [3.05, 3.63) is 76.8 Å². The standard InChI is InChI=1S/C22H23N2O7P/c1-15(2)29-22(25)16(3)23-32(28,30-20-12-9-19(10-13-20)24(26)27)31-21-11-8-17-6-4-5-7-18(17)14-21/h4-16H,1-3H3,(H,23,28)/t16-,32?/m1/s1. The fraction of sp³-hybridized carbons (Fsp3) is 0.227. The average Bonchev–Trinajstić information content (AvgIpc) is 2.73. The molecule has 10 heteroatoms. The molecule has 168 valence electrons. The Morgan fingerprint density at radius 2 is 1.53 bits per heavy atom. The number of hydrogen-bond acceptors (Lipinski definition) is 7. The van der Waals surface area contributed by atoms with Crippen molar-refractivity contribution < 1.29 is 28.1 Å². The molecule has 0 spiro atoms. The normalized spacial score (nSPS) is 13.9. The van der Waals surface area contributed by atoms with Crippen LogP contribution in [0.25, 0.3) is 10.8 Å². The van der Waals surface area contributed by atoms with Crippen LogP contribution in [-0.2, 0) is 14.1 Å². The van der Waals surface area contributed by atoms with Crippen molar-refractivity contribution in [2.45, 2.75) is 32.9 Å². The van der Waals surface area contributed by atoms with Crippen LogP contribution in [0, 0.1) is 10.1 Å². The molecular weight excluding hydrogens is 435 g/mol. The van der Waals surface area contributed by atoms with Gasteiger partial charge in [-0.2, -0.15) is 5.09 Å². The molecule has 3 aromatic carbocycles. The van der Waals surface area contributed by atoms with Crippen LogP contribution >= 0.6 is 7.75 Å². The Kier molecular flexibility index (Phi) is 7.12. The zero-order valence-corrected chi connectivity index (χ0v) is 18.7. The van der Waals surface area contributed by atoms with Crippen LogP contribution in [0.2, 0.25) is 0 Å². The first-order chi connectivity index (χ1) is 15.1. The molecule has 3 aromatic rings. The molecular formula is C22H23N2O7P. The van der Waals surface area contributed by atoms with Crippen LogP contribution in [-0.4, -0.2) is 23.0 Å². The maximum Gasteiger partial charge on any atom is 0.513 e. The Morgan fingerprint density at radius 3 is 2.16 bits per heavy atom.